The predicted molar refractivity (Wildman–Crippen MR) is 70.6 cm³/mol. The number of rotatable bonds is 2. The van der Waals surface area contributed by atoms with E-state index in [1.165, 1.54) is 5.39 Å². The zero-order valence-corrected chi connectivity index (χ0v) is 9.66. The number of para-hydroxylation sites is 1. The van der Waals surface area contributed by atoms with E-state index in [0.717, 1.165) is 40.3 Å². The number of H-pyrrole nitrogens is 1. The molecule has 17 heavy (non-hydrogen) atoms. The SMILES string of the molecule is CCc1ccc2c([nH]c3ccccc32)c1C=O. The lowest BCUT2D eigenvalue weighted by Crippen LogP contribution is -1.91. The summed E-state index contributed by atoms with van der Waals surface area (Å²) in [4.78, 5) is 14.6. The summed E-state index contributed by atoms with van der Waals surface area (Å²) < 4.78 is 0. The first-order valence-corrected chi connectivity index (χ1v) is 5.82. The number of aldehydes is 1. The van der Waals surface area contributed by atoms with Crippen molar-refractivity contribution in [3.63, 3.8) is 0 Å². The molecule has 0 amide bonds. The number of carbonyl (C=O) groups is 1. The molecule has 84 valence electrons. The lowest BCUT2D eigenvalue weighted by Gasteiger charge is -2.02. The molecule has 3 rings (SSSR count). The number of fused-ring (bicyclic) bond motifs is 3. The summed E-state index contributed by atoms with van der Waals surface area (Å²) in [6.45, 7) is 2.07. The number of hydrogen-bond acceptors (Lipinski definition) is 1. The average molecular weight is 223 g/mol. The van der Waals surface area contributed by atoms with Crippen molar-refractivity contribution in [3.8, 4) is 0 Å². The van der Waals surface area contributed by atoms with Gasteiger partial charge in [0.1, 0.15) is 0 Å². The molecule has 3 aromatic rings. The Hall–Kier alpha value is -2.09. The summed E-state index contributed by atoms with van der Waals surface area (Å²) in [6, 6.07) is 12.3. The zero-order valence-electron chi connectivity index (χ0n) is 9.66. The van der Waals surface area contributed by atoms with Gasteiger partial charge in [-0.1, -0.05) is 37.3 Å². The number of carbonyl (C=O) groups excluding carboxylic acids is 1. The molecular weight excluding hydrogens is 210 g/mol. The minimum absolute atomic E-state index is 0.793. The Morgan fingerprint density at radius 3 is 2.71 bits per heavy atom. The molecule has 0 aliphatic heterocycles. The Bertz CT molecular complexity index is 709. The molecule has 0 spiro atoms. The highest BCUT2D eigenvalue weighted by Crippen LogP contribution is 2.28. The van der Waals surface area contributed by atoms with Crippen LogP contribution in [0.25, 0.3) is 21.8 Å². The highest BCUT2D eigenvalue weighted by atomic mass is 16.1. The number of benzene rings is 2. The van der Waals surface area contributed by atoms with Crippen LogP contribution < -0.4 is 0 Å². The van der Waals surface area contributed by atoms with E-state index in [4.69, 9.17) is 0 Å². The van der Waals surface area contributed by atoms with E-state index in [-0.39, 0.29) is 0 Å². The summed E-state index contributed by atoms with van der Waals surface area (Å²) in [5, 5.41) is 2.30. The summed E-state index contributed by atoms with van der Waals surface area (Å²) in [5.41, 5.74) is 3.93. The maximum atomic E-state index is 11.3. The van der Waals surface area contributed by atoms with Gasteiger partial charge < -0.3 is 4.98 Å². The molecule has 1 aromatic heterocycles. The lowest BCUT2D eigenvalue weighted by atomic mass is 10.0. The lowest BCUT2D eigenvalue weighted by molar-refractivity contribution is 0.112. The van der Waals surface area contributed by atoms with Crippen molar-refractivity contribution in [1.29, 1.82) is 0 Å². The van der Waals surface area contributed by atoms with Crippen molar-refractivity contribution in [1.82, 2.24) is 4.98 Å². The van der Waals surface area contributed by atoms with Gasteiger partial charge in [-0.15, -0.1) is 0 Å². The molecule has 0 fully saturated rings. The molecule has 2 heteroatoms. The second-order valence-corrected chi connectivity index (χ2v) is 4.20. The van der Waals surface area contributed by atoms with Crippen molar-refractivity contribution in [2.24, 2.45) is 0 Å². The smallest absolute Gasteiger partial charge is 0.152 e. The first kappa shape index (κ1) is 10.1. The van der Waals surface area contributed by atoms with Gasteiger partial charge in [0.25, 0.3) is 0 Å². The summed E-state index contributed by atoms with van der Waals surface area (Å²) in [7, 11) is 0. The molecule has 2 aromatic carbocycles. The van der Waals surface area contributed by atoms with E-state index >= 15 is 0 Å². The fourth-order valence-corrected chi connectivity index (χ4v) is 2.43. The van der Waals surface area contributed by atoms with Crippen LogP contribution in [0, 0.1) is 0 Å². The van der Waals surface area contributed by atoms with Gasteiger partial charge in [-0.05, 0) is 18.1 Å². The molecule has 1 heterocycles. The van der Waals surface area contributed by atoms with Crippen molar-refractivity contribution < 1.29 is 4.79 Å². The third kappa shape index (κ3) is 1.37. The molecule has 0 saturated heterocycles. The number of nitrogens with one attached hydrogen (secondary N) is 1. The van der Waals surface area contributed by atoms with Crippen molar-refractivity contribution in [3.05, 3.63) is 47.5 Å². The topological polar surface area (TPSA) is 32.9 Å². The van der Waals surface area contributed by atoms with Gasteiger partial charge in [0.05, 0.1) is 5.52 Å². The Labute approximate surface area is 99.3 Å². The van der Waals surface area contributed by atoms with E-state index in [1.54, 1.807) is 0 Å². The van der Waals surface area contributed by atoms with Crippen molar-refractivity contribution in [2.75, 3.05) is 0 Å². The third-order valence-corrected chi connectivity index (χ3v) is 3.31. The fraction of sp³-hybridized carbons (Fsp3) is 0.133. The van der Waals surface area contributed by atoms with Crippen LogP contribution >= 0.6 is 0 Å². The van der Waals surface area contributed by atoms with Gasteiger partial charge >= 0.3 is 0 Å². The van der Waals surface area contributed by atoms with Gasteiger partial charge in [0.2, 0.25) is 0 Å². The third-order valence-electron chi connectivity index (χ3n) is 3.31. The fourth-order valence-electron chi connectivity index (χ4n) is 2.43. The molecule has 0 unspecified atom stereocenters. The highest BCUT2D eigenvalue weighted by molar-refractivity contribution is 6.12. The largest absolute Gasteiger partial charge is 0.354 e. The normalized spacial score (nSPS) is 11.1. The van der Waals surface area contributed by atoms with Gasteiger partial charge in [0.15, 0.2) is 6.29 Å². The Kier molecular flexibility index (Phi) is 2.22. The van der Waals surface area contributed by atoms with Gasteiger partial charge in [0, 0.05) is 21.9 Å². The average Bonchev–Trinajstić information content (AvgIpc) is 2.75. The van der Waals surface area contributed by atoms with E-state index in [0.29, 0.717) is 0 Å². The molecule has 0 bridgehead atoms. The number of aryl methyl sites for hydroxylation is 1. The monoisotopic (exact) mass is 223 g/mol. The van der Waals surface area contributed by atoms with Gasteiger partial charge in [-0.3, -0.25) is 4.79 Å². The molecule has 1 N–H and O–H groups in total. The first-order chi connectivity index (χ1) is 8.35. The van der Waals surface area contributed by atoms with Crippen LogP contribution in [0.3, 0.4) is 0 Å². The van der Waals surface area contributed by atoms with Crippen LogP contribution in [0.2, 0.25) is 0 Å². The van der Waals surface area contributed by atoms with Crippen LogP contribution in [0.1, 0.15) is 22.8 Å². The Morgan fingerprint density at radius 1 is 1.12 bits per heavy atom. The van der Waals surface area contributed by atoms with Crippen LogP contribution in [0.15, 0.2) is 36.4 Å². The summed E-state index contributed by atoms with van der Waals surface area (Å²) in [6.07, 6.45) is 1.83. The predicted octanol–water partition coefficient (Wildman–Crippen LogP) is 3.70. The van der Waals surface area contributed by atoms with E-state index < -0.39 is 0 Å². The van der Waals surface area contributed by atoms with E-state index in [2.05, 4.69) is 24.0 Å². The second-order valence-electron chi connectivity index (χ2n) is 4.20. The minimum Gasteiger partial charge on any atom is -0.354 e. The minimum atomic E-state index is 0.793. The zero-order chi connectivity index (χ0) is 11.8. The maximum Gasteiger partial charge on any atom is 0.152 e. The van der Waals surface area contributed by atoms with E-state index in [9.17, 15) is 4.79 Å². The maximum absolute atomic E-state index is 11.3. The first-order valence-electron chi connectivity index (χ1n) is 5.82. The highest BCUT2D eigenvalue weighted by Gasteiger charge is 2.10. The number of aromatic nitrogens is 1. The number of aromatic amines is 1. The van der Waals surface area contributed by atoms with Crippen LogP contribution in [-0.2, 0) is 6.42 Å². The standard InChI is InChI=1S/C15H13NO/c1-2-10-7-8-12-11-5-3-4-6-14(11)16-15(12)13(10)9-17/h3-9,16H,2H2,1H3. The van der Waals surface area contributed by atoms with Crippen molar-refractivity contribution in [2.45, 2.75) is 13.3 Å². The molecule has 0 aliphatic rings. The van der Waals surface area contributed by atoms with Crippen molar-refractivity contribution >= 4 is 28.1 Å². The van der Waals surface area contributed by atoms with Crippen LogP contribution in [0.4, 0.5) is 0 Å². The molecule has 0 atom stereocenters. The van der Waals surface area contributed by atoms with E-state index in [1.807, 2.05) is 24.3 Å². The Balaban J connectivity index is 2.51. The molecule has 0 saturated carbocycles. The molecular formula is C15H13NO. The van der Waals surface area contributed by atoms with Gasteiger partial charge in [-0.25, -0.2) is 0 Å². The second kappa shape index (κ2) is 3.74. The van der Waals surface area contributed by atoms with Crippen LogP contribution in [-0.4, -0.2) is 11.3 Å². The molecule has 0 radical (unpaired) electrons. The summed E-state index contributed by atoms with van der Waals surface area (Å²) >= 11 is 0. The summed E-state index contributed by atoms with van der Waals surface area (Å²) in [5.74, 6) is 0. The quantitative estimate of drug-likeness (QED) is 0.660. The Morgan fingerprint density at radius 2 is 1.94 bits per heavy atom. The van der Waals surface area contributed by atoms with Gasteiger partial charge in [-0.2, -0.15) is 0 Å². The number of hydrogen-bond donors (Lipinski definition) is 1. The van der Waals surface area contributed by atoms with Crippen LogP contribution in [0.5, 0.6) is 0 Å². The molecule has 2 nitrogen and oxygen atoms in total. The molecule has 0 aliphatic carbocycles.